The summed E-state index contributed by atoms with van der Waals surface area (Å²) in [5, 5.41) is 10.2. The highest BCUT2D eigenvalue weighted by Crippen LogP contribution is 2.28. The average molecular weight is 292 g/mol. The SMILES string of the molecule is OC1CCCN(c2ncc(Br)cc2Cl)C1. The summed E-state index contributed by atoms with van der Waals surface area (Å²) < 4.78 is 0.869. The molecule has 2 heterocycles. The second kappa shape index (κ2) is 4.68. The molecular formula is C10H12BrClN2O. The molecule has 0 saturated carbocycles. The summed E-state index contributed by atoms with van der Waals surface area (Å²) in [6.07, 6.45) is 3.31. The van der Waals surface area contributed by atoms with Crippen molar-refractivity contribution in [3.8, 4) is 0 Å². The molecule has 0 spiro atoms. The Morgan fingerprint density at radius 2 is 2.40 bits per heavy atom. The Bertz CT molecular complexity index is 361. The molecule has 15 heavy (non-hydrogen) atoms. The van der Waals surface area contributed by atoms with Crippen LogP contribution < -0.4 is 4.90 Å². The molecule has 1 aromatic rings. The Balaban J connectivity index is 2.21. The van der Waals surface area contributed by atoms with Crippen LogP contribution in [0, 0.1) is 0 Å². The van der Waals surface area contributed by atoms with Gasteiger partial charge in [0.2, 0.25) is 0 Å². The smallest absolute Gasteiger partial charge is 0.147 e. The molecule has 0 radical (unpaired) electrons. The first kappa shape index (κ1) is 11.2. The molecule has 1 aromatic heterocycles. The zero-order valence-electron chi connectivity index (χ0n) is 8.16. The van der Waals surface area contributed by atoms with Crippen LogP contribution in [0.4, 0.5) is 5.82 Å². The predicted molar refractivity (Wildman–Crippen MR) is 64.4 cm³/mol. The van der Waals surface area contributed by atoms with Crippen molar-refractivity contribution in [3.63, 3.8) is 0 Å². The summed E-state index contributed by atoms with van der Waals surface area (Å²) in [5.74, 6) is 0.763. The normalized spacial score (nSPS) is 21.8. The van der Waals surface area contributed by atoms with Crippen LogP contribution in [0.1, 0.15) is 12.8 Å². The van der Waals surface area contributed by atoms with Gasteiger partial charge in [-0.2, -0.15) is 0 Å². The van der Waals surface area contributed by atoms with Crippen molar-refractivity contribution in [2.75, 3.05) is 18.0 Å². The molecule has 5 heteroatoms. The number of aliphatic hydroxyl groups excluding tert-OH is 1. The second-order valence-electron chi connectivity index (χ2n) is 3.70. The van der Waals surface area contributed by atoms with Gasteiger partial charge >= 0.3 is 0 Å². The van der Waals surface area contributed by atoms with E-state index in [1.807, 2.05) is 11.0 Å². The van der Waals surface area contributed by atoms with Gasteiger partial charge in [0.15, 0.2) is 0 Å². The number of β-amino-alcohol motifs (C(OH)–C–C–N with tert-alkyl or cyclic N) is 1. The van der Waals surface area contributed by atoms with Crippen molar-refractivity contribution in [1.29, 1.82) is 0 Å². The molecule has 0 amide bonds. The highest BCUT2D eigenvalue weighted by atomic mass is 79.9. The fraction of sp³-hybridized carbons (Fsp3) is 0.500. The standard InChI is InChI=1S/C10H12BrClN2O/c11-7-4-9(12)10(13-5-7)14-3-1-2-8(15)6-14/h4-5,8,15H,1-3,6H2. The lowest BCUT2D eigenvalue weighted by Crippen LogP contribution is -2.38. The van der Waals surface area contributed by atoms with Crippen molar-refractivity contribution < 1.29 is 5.11 Å². The largest absolute Gasteiger partial charge is 0.391 e. The van der Waals surface area contributed by atoms with Gasteiger partial charge in [-0.05, 0) is 34.8 Å². The summed E-state index contributed by atoms with van der Waals surface area (Å²) >= 11 is 9.41. The number of aliphatic hydroxyl groups is 1. The molecule has 1 unspecified atom stereocenters. The predicted octanol–water partition coefficient (Wildman–Crippen LogP) is 2.46. The fourth-order valence-corrected chi connectivity index (χ4v) is 2.54. The summed E-state index contributed by atoms with van der Waals surface area (Å²) in [6.45, 7) is 1.53. The molecule has 0 aliphatic carbocycles. The third kappa shape index (κ3) is 2.62. The number of hydrogen-bond donors (Lipinski definition) is 1. The van der Waals surface area contributed by atoms with E-state index in [2.05, 4.69) is 20.9 Å². The maximum Gasteiger partial charge on any atom is 0.147 e. The summed E-state index contributed by atoms with van der Waals surface area (Å²) in [5.41, 5.74) is 0. The zero-order valence-corrected chi connectivity index (χ0v) is 10.5. The molecule has 1 aliphatic rings. The van der Waals surface area contributed by atoms with Crippen LogP contribution in [0.15, 0.2) is 16.7 Å². The number of aromatic nitrogens is 1. The van der Waals surface area contributed by atoms with E-state index in [9.17, 15) is 5.11 Å². The Morgan fingerprint density at radius 3 is 3.07 bits per heavy atom. The van der Waals surface area contributed by atoms with Crippen LogP contribution >= 0.6 is 27.5 Å². The summed E-state index contributed by atoms with van der Waals surface area (Å²) in [4.78, 5) is 6.30. The van der Waals surface area contributed by atoms with Gasteiger partial charge in [0.05, 0.1) is 11.1 Å². The van der Waals surface area contributed by atoms with Gasteiger partial charge in [-0.25, -0.2) is 4.98 Å². The number of piperidine rings is 1. The molecule has 1 N–H and O–H groups in total. The highest BCUT2D eigenvalue weighted by Gasteiger charge is 2.20. The first-order valence-corrected chi connectivity index (χ1v) is 6.08. The van der Waals surface area contributed by atoms with Crippen molar-refractivity contribution >= 4 is 33.3 Å². The van der Waals surface area contributed by atoms with E-state index >= 15 is 0 Å². The lowest BCUT2D eigenvalue weighted by molar-refractivity contribution is 0.154. The van der Waals surface area contributed by atoms with Crippen molar-refractivity contribution in [3.05, 3.63) is 21.8 Å². The third-order valence-corrected chi connectivity index (χ3v) is 3.20. The van der Waals surface area contributed by atoms with E-state index < -0.39 is 0 Å². The first-order valence-electron chi connectivity index (χ1n) is 4.91. The third-order valence-electron chi connectivity index (χ3n) is 2.48. The number of nitrogens with zero attached hydrogens (tertiary/aromatic N) is 2. The van der Waals surface area contributed by atoms with Crippen LogP contribution in [-0.4, -0.2) is 29.3 Å². The quantitative estimate of drug-likeness (QED) is 0.863. The van der Waals surface area contributed by atoms with E-state index in [-0.39, 0.29) is 6.10 Å². The first-order chi connectivity index (χ1) is 7.16. The van der Waals surface area contributed by atoms with Gasteiger partial charge in [0, 0.05) is 23.8 Å². The Hall–Kier alpha value is -0.320. The zero-order chi connectivity index (χ0) is 10.8. The number of pyridine rings is 1. The topological polar surface area (TPSA) is 36.4 Å². The highest BCUT2D eigenvalue weighted by molar-refractivity contribution is 9.10. The lowest BCUT2D eigenvalue weighted by atomic mass is 10.1. The van der Waals surface area contributed by atoms with E-state index in [4.69, 9.17) is 11.6 Å². The van der Waals surface area contributed by atoms with E-state index in [1.165, 1.54) is 0 Å². The number of halogens is 2. The van der Waals surface area contributed by atoms with Gasteiger partial charge in [0.1, 0.15) is 5.82 Å². The lowest BCUT2D eigenvalue weighted by Gasteiger charge is -2.31. The van der Waals surface area contributed by atoms with Crippen molar-refractivity contribution in [2.45, 2.75) is 18.9 Å². The molecule has 0 bridgehead atoms. The molecule has 1 aliphatic heterocycles. The maximum atomic E-state index is 9.56. The minimum Gasteiger partial charge on any atom is -0.391 e. The average Bonchev–Trinajstić information content (AvgIpc) is 2.17. The number of anilines is 1. The van der Waals surface area contributed by atoms with Crippen molar-refractivity contribution in [1.82, 2.24) is 4.98 Å². The Labute approximate surface area is 102 Å². The van der Waals surface area contributed by atoms with Crippen LogP contribution in [0.2, 0.25) is 5.02 Å². The van der Waals surface area contributed by atoms with Crippen LogP contribution in [-0.2, 0) is 0 Å². The minimum atomic E-state index is -0.264. The Morgan fingerprint density at radius 1 is 1.60 bits per heavy atom. The van der Waals surface area contributed by atoms with Gasteiger partial charge < -0.3 is 10.0 Å². The maximum absolute atomic E-state index is 9.56. The molecule has 1 saturated heterocycles. The molecule has 1 atom stereocenters. The van der Waals surface area contributed by atoms with Crippen LogP contribution in [0.25, 0.3) is 0 Å². The van der Waals surface area contributed by atoms with Crippen LogP contribution in [0.5, 0.6) is 0 Å². The number of rotatable bonds is 1. The van der Waals surface area contributed by atoms with Crippen molar-refractivity contribution in [2.24, 2.45) is 0 Å². The summed E-state index contributed by atoms with van der Waals surface area (Å²) in [6, 6.07) is 1.82. The molecule has 82 valence electrons. The molecule has 1 fully saturated rings. The van der Waals surface area contributed by atoms with Gasteiger partial charge in [-0.15, -0.1) is 0 Å². The Kier molecular flexibility index (Phi) is 3.49. The van der Waals surface area contributed by atoms with Gasteiger partial charge in [-0.3, -0.25) is 0 Å². The van der Waals surface area contributed by atoms with E-state index in [0.717, 1.165) is 29.7 Å². The van der Waals surface area contributed by atoms with Crippen LogP contribution in [0.3, 0.4) is 0 Å². The van der Waals surface area contributed by atoms with E-state index in [1.54, 1.807) is 6.20 Å². The van der Waals surface area contributed by atoms with Gasteiger partial charge in [0.25, 0.3) is 0 Å². The summed E-state index contributed by atoms with van der Waals surface area (Å²) in [7, 11) is 0. The van der Waals surface area contributed by atoms with E-state index in [0.29, 0.717) is 11.6 Å². The second-order valence-corrected chi connectivity index (χ2v) is 5.02. The molecule has 3 nitrogen and oxygen atoms in total. The van der Waals surface area contributed by atoms with Gasteiger partial charge in [-0.1, -0.05) is 11.6 Å². The molecular weight excluding hydrogens is 279 g/mol. The monoisotopic (exact) mass is 290 g/mol. The minimum absolute atomic E-state index is 0.264. The molecule has 2 rings (SSSR count). The fourth-order valence-electron chi connectivity index (χ4n) is 1.79. The molecule has 0 aromatic carbocycles. The number of hydrogen-bond acceptors (Lipinski definition) is 3.